The largest absolute Gasteiger partial charge is 0.336 e. The summed E-state index contributed by atoms with van der Waals surface area (Å²) in [5.74, 6) is 0. The number of allylic oxidation sites excluding steroid dienone is 1. The predicted molar refractivity (Wildman–Crippen MR) is 62.8 cm³/mol. The second-order valence-corrected chi connectivity index (χ2v) is 4.43. The highest BCUT2D eigenvalue weighted by atomic mass is 32.1. The number of thiazole rings is 1. The molecule has 0 unspecified atom stereocenters. The number of rotatable bonds is 2. The van der Waals surface area contributed by atoms with Crippen LogP contribution >= 0.6 is 11.3 Å². The third kappa shape index (κ3) is 1.77. The molecule has 2 rings (SSSR count). The summed E-state index contributed by atoms with van der Waals surface area (Å²) in [5.41, 5.74) is 3.23. The number of anilines is 1. The highest BCUT2D eigenvalue weighted by Crippen LogP contribution is 2.27. The highest BCUT2D eigenvalue weighted by molar-refractivity contribution is 7.22. The first-order valence-corrected chi connectivity index (χ1v) is 5.26. The third-order valence-electron chi connectivity index (χ3n) is 1.86. The van der Waals surface area contributed by atoms with Crippen molar-refractivity contribution in [3.05, 3.63) is 36.0 Å². The van der Waals surface area contributed by atoms with E-state index in [2.05, 4.69) is 35.9 Å². The molecular weight excluding hydrogens is 192 g/mol. The standard InChI is InChI=1S/C11H12N2S/c1-7(2)12-11-13-9-5-4-8(3)6-10(9)14-11/h4-6H,1H2,2-3H3,(H,12,13). The summed E-state index contributed by atoms with van der Waals surface area (Å²) in [6, 6.07) is 6.27. The topological polar surface area (TPSA) is 24.9 Å². The van der Waals surface area contributed by atoms with Gasteiger partial charge in [0.15, 0.2) is 5.13 Å². The molecule has 0 aliphatic heterocycles. The first-order chi connectivity index (χ1) is 6.65. The number of benzene rings is 1. The number of hydrogen-bond donors (Lipinski definition) is 1. The average Bonchev–Trinajstić information content (AvgIpc) is 2.44. The van der Waals surface area contributed by atoms with Gasteiger partial charge in [-0.3, -0.25) is 0 Å². The maximum absolute atomic E-state index is 4.44. The van der Waals surface area contributed by atoms with E-state index in [9.17, 15) is 0 Å². The molecule has 0 amide bonds. The monoisotopic (exact) mass is 204 g/mol. The molecule has 3 heteroatoms. The Morgan fingerprint density at radius 1 is 1.50 bits per heavy atom. The minimum absolute atomic E-state index is 0.915. The minimum Gasteiger partial charge on any atom is -0.336 e. The summed E-state index contributed by atoms with van der Waals surface area (Å²) in [7, 11) is 0. The van der Waals surface area contributed by atoms with Crippen LogP contribution in [0.1, 0.15) is 12.5 Å². The Labute approximate surface area is 87.3 Å². The lowest BCUT2D eigenvalue weighted by atomic mass is 10.2. The van der Waals surface area contributed by atoms with Crippen molar-refractivity contribution < 1.29 is 0 Å². The first kappa shape index (κ1) is 9.21. The van der Waals surface area contributed by atoms with Crippen molar-refractivity contribution in [1.82, 2.24) is 4.98 Å². The summed E-state index contributed by atoms with van der Waals surface area (Å²) in [6.07, 6.45) is 0. The van der Waals surface area contributed by atoms with Crippen LogP contribution in [0.3, 0.4) is 0 Å². The van der Waals surface area contributed by atoms with Crippen molar-refractivity contribution in [2.24, 2.45) is 0 Å². The Bertz CT molecular complexity index is 485. The zero-order valence-corrected chi connectivity index (χ0v) is 9.11. The van der Waals surface area contributed by atoms with Gasteiger partial charge in [-0.05, 0) is 31.5 Å². The van der Waals surface area contributed by atoms with E-state index in [1.54, 1.807) is 11.3 Å². The first-order valence-electron chi connectivity index (χ1n) is 4.45. The number of hydrogen-bond acceptors (Lipinski definition) is 3. The van der Waals surface area contributed by atoms with Gasteiger partial charge >= 0.3 is 0 Å². The van der Waals surface area contributed by atoms with Gasteiger partial charge in [-0.15, -0.1) is 0 Å². The Kier molecular flexibility index (Phi) is 2.25. The van der Waals surface area contributed by atoms with Crippen LogP contribution in [0.25, 0.3) is 10.2 Å². The van der Waals surface area contributed by atoms with E-state index in [1.165, 1.54) is 10.3 Å². The molecule has 1 aromatic carbocycles. The average molecular weight is 204 g/mol. The van der Waals surface area contributed by atoms with E-state index < -0.39 is 0 Å². The van der Waals surface area contributed by atoms with E-state index in [1.807, 2.05) is 13.0 Å². The van der Waals surface area contributed by atoms with Gasteiger partial charge in [0.2, 0.25) is 0 Å². The van der Waals surface area contributed by atoms with Gasteiger partial charge < -0.3 is 5.32 Å². The van der Waals surface area contributed by atoms with E-state index in [0.29, 0.717) is 0 Å². The zero-order valence-electron chi connectivity index (χ0n) is 8.29. The Morgan fingerprint density at radius 2 is 2.29 bits per heavy atom. The summed E-state index contributed by atoms with van der Waals surface area (Å²) in [4.78, 5) is 4.44. The molecule has 1 N–H and O–H groups in total. The Balaban J connectivity index is 2.46. The van der Waals surface area contributed by atoms with Crippen LogP contribution in [0, 0.1) is 6.92 Å². The van der Waals surface area contributed by atoms with E-state index in [-0.39, 0.29) is 0 Å². The number of aromatic nitrogens is 1. The van der Waals surface area contributed by atoms with Gasteiger partial charge in [0.25, 0.3) is 0 Å². The smallest absolute Gasteiger partial charge is 0.188 e. The fraction of sp³-hybridized carbons (Fsp3) is 0.182. The van der Waals surface area contributed by atoms with Crippen LogP contribution in [0.4, 0.5) is 5.13 Å². The van der Waals surface area contributed by atoms with Gasteiger partial charge in [-0.2, -0.15) is 0 Å². The highest BCUT2D eigenvalue weighted by Gasteiger charge is 2.02. The van der Waals surface area contributed by atoms with Crippen LogP contribution in [-0.4, -0.2) is 4.98 Å². The lowest BCUT2D eigenvalue weighted by Gasteiger charge is -1.96. The second-order valence-electron chi connectivity index (χ2n) is 3.40. The fourth-order valence-corrected chi connectivity index (χ4v) is 2.31. The van der Waals surface area contributed by atoms with E-state index in [0.717, 1.165) is 16.3 Å². The molecule has 2 nitrogen and oxygen atoms in total. The molecule has 0 saturated heterocycles. The lowest BCUT2D eigenvalue weighted by molar-refractivity contribution is 1.35. The third-order valence-corrected chi connectivity index (χ3v) is 2.80. The molecule has 0 spiro atoms. The van der Waals surface area contributed by atoms with Crippen molar-refractivity contribution in [1.29, 1.82) is 0 Å². The molecule has 1 aromatic heterocycles. The Morgan fingerprint density at radius 3 is 3.00 bits per heavy atom. The minimum atomic E-state index is 0.915. The van der Waals surface area contributed by atoms with Crippen molar-refractivity contribution in [2.75, 3.05) is 5.32 Å². The molecule has 0 fully saturated rings. The quantitative estimate of drug-likeness (QED) is 0.809. The molecule has 0 aliphatic carbocycles. The van der Waals surface area contributed by atoms with Crippen molar-refractivity contribution in [2.45, 2.75) is 13.8 Å². The molecule has 72 valence electrons. The number of nitrogens with zero attached hydrogens (tertiary/aromatic N) is 1. The van der Waals surface area contributed by atoms with Crippen LogP contribution < -0.4 is 5.32 Å². The lowest BCUT2D eigenvalue weighted by Crippen LogP contribution is -1.91. The zero-order chi connectivity index (χ0) is 10.1. The number of nitrogens with one attached hydrogen (secondary N) is 1. The van der Waals surface area contributed by atoms with Crippen LogP contribution in [0.2, 0.25) is 0 Å². The molecule has 1 heterocycles. The molecule has 14 heavy (non-hydrogen) atoms. The molecule has 0 atom stereocenters. The summed E-state index contributed by atoms with van der Waals surface area (Å²) in [6.45, 7) is 7.81. The van der Waals surface area contributed by atoms with Crippen LogP contribution in [0.15, 0.2) is 30.5 Å². The Hall–Kier alpha value is -1.35. The maximum atomic E-state index is 4.44. The van der Waals surface area contributed by atoms with Crippen LogP contribution in [0.5, 0.6) is 0 Å². The van der Waals surface area contributed by atoms with Gasteiger partial charge in [-0.25, -0.2) is 4.98 Å². The maximum Gasteiger partial charge on any atom is 0.188 e. The molecule has 0 bridgehead atoms. The normalized spacial score (nSPS) is 10.4. The SMILES string of the molecule is C=C(C)Nc1nc2ccc(C)cc2s1. The van der Waals surface area contributed by atoms with Gasteiger partial charge in [-0.1, -0.05) is 24.0 Å². The van der Waals surface area contributed by atoms with Gasteiger partial charge in [0, 0.05) is 5.70 Å². The summed E-state index contributed by atoms with van der Waals surface area (Å²) >= 11 is 1.66. The molecule has 0 saturated carbocycles. The molecule has 2 aromatic rings. The van der Waals surface area contributed by atoms with Gasteiger partial charge in [0.05, 0.1) is 10.2 Å². The van der Waals surface area contributed by atoms with Crippen LogP contribution in [-0.2, 0) is 0 Å². The van der Waals surface area contributed by atoms with Gasteiger partial charge in [0.1, 0.15) is 0 Å². The second kappa shape index (κ2) is 3.42. The molecular formula is C11H12N2S. The molecule has 0 radical (unpaired) electrons. The van der Waals surface area contributed by atoms with E-state index >= 15 is 0 Å². The van der Waals surface area contributed by atoms with Crippen molar-refractivity contribution >= 4 is 26.7 Å². The number of fused-ring (bicyclic) bond motifs is 1. The fourth-order valence-electron chi connectivity index (χ4n) is 1.27. The van der Waals surface area contributed by atoms with Crippen molar-refractivity contribution in [3.8, 4) is 0 Å². The molecule has 0 aliphatic rings. The number of aryl methyl sites for hydroxylation is 1. The van der Waals surface area contributed by atoms with Crippen molar-refractivity contribution in [3.63, 3.8) is 0 Å². The van der Waals surface area contributed by atoms with E-state index in [4.69, 9.17) is 0 Å². The predicted octanol–water partition coefficient (Wildman–Crippen LogP) is 3.55. The summed E-state index contributed by atoms with van der Waals surface area (Å²) in [5, 5.41) is 4.04. The summed E-state index contributed by atoms with van der Waals surface area (Å²) < 4.78 is 1.22.